The zero-order valence-corrected chi connectivity index (χ0v) is 11.8. The van der Waals surface area contributed by atoms with Crippen molar-refractivity contribution in [1.82, 2.24) is 5.32 Å². The van der Waals surface area contributed by atoms with Gasteiger partial charge < -0.3 is 10.2 Å². The molecule has 0 radical (unpaired) electrons. The lowest BCUT2D eigenvalue weighted by atomic mass is 9.94. The Bertz CT molecular complexity index is 480. The van der Waals surface area contributed by atoms with E-state index in [1.54, 1.807) is 0 Å². The van der Waals surface area contributed by atoms with Crippen LogP contribution in [0.25, 0.3) is 0 Å². The number of hydrogen-bond donors (Lipinski definition) is 1. The molecule has 1 N–H and O–H groups in total. The van der Waals surface area contributed by atoms with Gasteiger partial charge in [-0.25, -0.2) is 0 Å². The van der Waals surface area contributed by atoms with E-state index in [4.69, 9.17) is 5.26 Å². The Balaban J connectivity index is 1.80. The Kier molecular flexibility index (Phi) is 3.27. The molecule has 0 amide bonds. The Hall–Kier alpha value is -1.05. The standard InChI is InChI=1S/C14H16BrN3/c15-13-6-12(4-3-10(13)7-16)18-8-11-2-1-5-17-14(11)9-18/h3-4,6,11,14,17H,1-2,5,8-9H2. The van der Waals surface area contributed by atoms with Crippen molar-refractivity contribution in [3.05, 3.63) is 28.2 Å². The van der Waals surface area contributed by atoms with Crippen molar-refractivity contribution in [2.75, 3.05) is 24.5 Å². The average Bonchev–Trinajstić information content (AvgIpc) is 2.82. The van der Waals surface area contributed by atoms with Crippen molar-refractivity contribution in [2.45, 2.75) is 18.9 Å². The Morgan fingerprint density at radius 2 is 2.28 bits per heavy atom. The monoisotopic (exact) mass is 305 g/mol. The molecule has 2 unspecified atom stereocenters. The fraction of sp³-hybridized carbons (Fsp3) is 0.500. The van der Waals surface area contributed by atoms with Crippen LogP contribution in [0.5, 0.6) is 0 Å². The summed E-state index contributed by atoms with van der Waals surface area (Å²) in [6.45, 7) is 3.38. The molecule has 2 fully saturated rings. The number of anilines is 1. The minimum atomic E-state index is 0.646. The molecule has 2 saturated heterocycles. The Morgan fingerprint density at radius 3 is 3.00 bits per heavy atom. The highest BCUT2D eigenvalue weighted by molar-refractivity contribution is 9.10. The molecule has 0 bridgehead atoms. The zero-order chi connectivity index (χ0) is 12.5. The molecule has 1 aromatic carbocycles. The van der Waals surface area contributed by atoms with E-state index in [0.717, 1.165) is 30.0 Å². The molecule has 18 heavy (non-hydrogen) atoms. The van der Waals surface area contributed by atoms with Gasteiger partial charge in [0.05, 0.1) is 5.56 Å². The molecule has 0 aromatic heterocycles. The van der Waals surface area contributed by atoms with E-state index in [0.29, 0.717) is 11.6 Å². The summed E-state index contributed by atoms with van der Waals surface area (Å²) < 4.78 is 0.894. The van der Waals surface area contributed by atoms with Crippen molar-refractivity contribution >= 4 is 21.6 Å². The minimum Gasteiger partial charge on any atom is -0.370 e. The fourth-order valence-corrected chi connectivity index (χ4v) is 3.50. The smallest absolute Gasteiger partial charge is 0.100 e. The van der Waals surface area contributed by atoms with Gasteiger partial charge in [0.25, 0.3) is 0 Å². The van der Waals surface area contributed by atoms with Crippen molar-refractivity contribution < 1.29 is 0 Å². The van der Waals surface area contributed by atoms with Gasteiger partial charge in [0.15, 0.2) is 0 Å². The van der Waals surface area contributed by atoms with Crippen LogP contribution < -0.4 is 10.2 Å². The van der Waals surface area contributed by atoms with Gasteiger partial charge in [-0.15, -0.1) is 0 Å². The summed E-state index contributed by atoms with van der Waals surface area (Å²) in [5, 5.41) is 12.6. The summed E-state index contributed by atoms with van der Waals surface area (Å²) in [5.74, 6) is 0.785. The van der Waals surface area contributed by atoms with E-state index in [9.17, 15) is 0 Å². The molecule has 2 atom stereocenters. The molecular weight excluding hydrogens is 290 g/mol. The highest BCUT2D eigenvalue weighted by atomic mass is 79.9. The van der Waals surface area contributed by atoms with Crippen LogP contribution in [0.15, 0.2) is 22.7 Å². The molecule has 2 aliphatic heterocycles. The molecule has 2 heterocycles. The van der Waals surface area contributed by atoms with Gasteiger partial charge in [0.1, 0.15) is 6.07 Å². The van der Waals surface area contributed by atoms with Crippen LogP contribution in [0.4, 0.5) is 5.69 Å². The van der Waals surface area contributed by atoms with E-state index < -0.39 is 0 Å². The number of rotatable bonds is 1. The number of piperidine rings is 1. The van der Waals surface area contributed by atoms with Gasteiger partial charge in [0, 0.05) is 29.3 Å². The lowest BCUT2D eigenvalue weighted by Gasteiger charge is -2.24. The largest absolute Gasteiger partial charge is 0.370 e. The maximum absolute atomic E-state index is 8.94. The molecule has 3 rings (SSSR count). The first-order chi connectivity index (χ1) is 8.78. The lowest BCUT2D eigenvalue weighted by Crippen LogP contribution is -2.40. The number of nitrogens with one attached hydrogen (secondary N) is 1. The summed E-state index contributed by atoms with van der Waals surface area (Å²) in [6, 6.07) is 8.85. The Morgan fingerprint density at radius 1 is 1.39 bits per heavy atom. The first kappa shape index (κ1) is 12.0. The topological polar surface area (TPSA) is 39.1 Å². The first-order valence-corrected chi connectivity index (χ1v) is 7.25. The number of nitriles is 1. The highest BCUT2D eigenvalue weighted by Crippen LogP contribution is 2.31. The first-order valence-electron chi connectivity index (χ1n) is 6.46. The van der Waals surface area contributed by atoms with Crippen LogP contribution in [-0.2, 0) is 0 Å². The van der Waals surface area contributed by atoms with Crippen molar-refractivity contribution in [3.63, 3.8) is 0 Å². The number of fused-ring (bicyclic) bond motifs is 1. The van der Waals surface area contributed by atoms with E-state index in [-0.39, 0.29) is 0 Å². The lowest BCUT2D eigenvalue weighted by molar-refractivity contribution is 0.340. The van der Waals surface area contributed by atoms with Gasteiger partial charge in [-0.3, -0.25) is 0 Å². The number of nitrogens with zero attached hydrogens (tertiary/aromatic N) is 2. The fourth-order valence-electron chi connectivity index (χ4n) is 3.05. The molecular formula is C14H16BrN3. The number of halogens is 1. The second kappa shape index (κ2) is 4.91. The van der Waals surface area contributed by atoms with Gasteiger partial charge >= 0.3 is 0 Å². The van der Waals surface area contributed by atoms with Gasteiger partial charge in [-0.2, -0.15) is 5.26 Å². The molecule has 0 aliphatic carbocycles. The van der Waals surface area contributed by atoms with Crippen LogP contribution in [0.2, 0.25) is 0 Å². The zero-order valence-electron chi connectivity index (χ0n) is 10.2. The maximum atomic E-state index is 8.94. The molecule has 94 valence electrons. The van der Waals surface area contributed by atoms with Gasteiger partial charge in [-0.05, 0) is 59.4 Å². The van der Waals surface area contributed by atoms with Crippen LogP contribution in [0.3, 0.4) is 0 Å². The van der Waals surface area contributed by atoms with Crippen molar-refractivity contribution in [1.29, 1.82) is 5.26 Å². The summed E-state index contributed by atoms with van der Waals surface area (Å²) in [4.78, 5) is 2.43. The summed E-state index contributed by atoms with van der Waals surface area (Å²) in [7, 11) is 0. The molecule has 2 aliphatic rings. The van der Waals surface area contributed by atoms with E-state index in [1.807, 2.05) is 6.07 Å². The van der Waals surface area contributed by atoms with Gasteiger partial charge in [0.2, 0.25) is 0 Å². The third-order valence-electron chi connectivity index (χ3n) is 4.04. The SMILES string of the molecule is N#Cc1ccc(N2CC3CCCNC3C2)cc1Br. The average molecular weight is 306 g/mol. The minimum absolute atomic E-state index is 0.646. The van der Waals surface area contributed by atoms with Crippen LogP contribution in [0.1, 0.15) is 18.4 Å². The number of hydrogen-bond acceptors (Lipinski definition) is 3. The van der Waals surface area contributed by atoms with Crippen LogP contribution in [0, 0.1) is 17.2 Å². The van der Waals surface area contributed by atoms with E-state index >= 15 is 0 Å². The summed E-state index contributed by atoms with van der Waals surface area (Å²) in [5.41, 5.74) is 1.92. The summed E-state index contributed by atoms with van der Waals surface area (Å²) in [6.07, 6.45) is 2.64. The van der Waals surface area contributed by atoms with Crippen LogP contribution >= 0.6 is 15.9 Å². The predicted octanol–water partition coefficient (Wildman–Crippen LogP) is 2.51. The van der Waals surface area contributed by atoms with Crippen molar-refractivity contribution in [2.24, 2.45) is 5.92 Å². The third kappa shape index (κ3) is 2.13. The molecule has 4 heteroatoms. The van der Waals surface area contributed by atoms with E-state index in [2.05, 4.69) is 44.3 Å². The maximum Gasteiger partial charge on any atom is 0.100 e. The van der Waals surface area contributed by atoms with Gasteiger partial charge in [-0.1, -0.05) is 0 Å². The quantitative estimate of drug-likeness (QED) is 0.866. The normalized spacial score (nSPS) is 26.8. The number of benzene rings is 1. The van der Waals surface area contributed by atoms with E-state index in [1.165, 1.54) is 18.5 Å². The van der Waals surface area contributed by atoms with Crippen LogP contribution in [-0.4, -0.2) is 25.7 Å². The second-order valence-corrected chi connectivity index (χ2v) is 6.00. The molecule has 0 spiro atoms. The molecule has 3 nitrogen and oxygen atoms in total. The Labute approximate surface area is 116 Å². The molecule has 1 aromatic rings. The third-order valence-corrected chi connectivity index (χ3v) is 4.69. The predicted molar refractivity (Wildman–Crippen MR) is 75.6 cm³/mol. The van der Waals surface area contributed by atoms with Crippen molar-refractivity contribution in [3.8, 4) is 6.07 Å². The highest BCUT2D eigenvalue weighted by Gasteiger charge is 2.34. The summed E-state index contributed by atoms with van der Waals surface area (Å²) >= 11 is 3.47. The second-order valence-electron chi connectivity index (χ2n) is 5.14. The molecule has 0 saturated carbocycles.